The zero-order valence-electron chi connectivity index (χ0n) is 14.5. The van der Waals surface area contributed by atoms with Crippen molar-refractivity contribution in [3.8, 4) is 0 Å². The fourth-order valence-corrected chi connectivity index (χ4v) is 3.49. The van der Waals surface area contributed by atoms with Crippen LogP contribution in [0.4, 0.5) is 5.69 Å². The van der Waals surface area contributed by atoms with E-state index in [0.717, 1.165) is 26.9 Å². The lowest BCUT2D eigenvalue weighted by molar-refractivity contribution is -0.115. The first kappa shape index (κ1) is 17.3. The Morgan fingerprint density at radius 1 is 0.913 bits per heavy atom. The first-order chi connectivity index (χ1) is 10.8. The molecule has 0 fully saturated rings. The number of aryl methyl sites for hydroxylation is 3. The molecule has 0 aliphatic heterocycles. The van der Waals surface area contributed by atoms with E-state index >= 15 is 0 Å². The van der Waals surface area contributed by atoms with E-state index in [0.29, 0.717) is 0 Å². The Kier molecular flexibility index (Phi) is 5.26. The van der Waals surface area contributed by atoms with Crippen LogP contribution in [0.3, 0.4) is 0 Å². The molecule has 0 atom stereocenters. The topological polar surface area (TPSA) is 41.8 Å². The van der Waals surface area contributed by atoms with E-state index in [2.05, 4.69) is 37.9 Å². The van der Waals surface area contributed by atoms with E-state index in [-0.39, 0.29) is 5.91 Å². The predicted molar refractivity (Wildman–Crippen MR) is 99.7 cm³/mol. The minimum Gasteiger partial charge on any atom is -0.273 e. The van der Waals surface area contributed by atoms with Gasteiger partial charge in [-0.05, 0) is 57.9 Å². The van der Waals surface area contributed by atoms with Gasteiger partial charge in [0.15, 0.2) is 0 Å². The summed E-state index contributed by atoms with van der Waals surface area (Å²) in [6.07, 6.45) is 0. The van der Waals surface area contributed by atoms with E-state index in [1.165, 1.54) is 23.6 Å². The van der Waals surface area contributed by atoms with Crippen LogP contribution in [-0.2, 0) is 4.79 Å². The van der Waals surface area contributed by atoms with Crippen LogP contribution < -0.4 is 0 Å². The number of hydrogen-bond acceptors (Lipinski definition) is 3. The summed E-state index contributed by atoms with van der Waals surface area (Å²) < 4.78 is 0. The van der Waals surface area contributed by atoms with Crippen LogP contribution in [0, 0.1) is 20.8 Å². The Labute approximate surface area is 141 Å². The summed E-state index contributed by atoms with van der Waals surface area (Å²) in [5, 5.41) is 0. The van der Waals surface area contributed by atoms with Crippen molar-refractivity contribution in [3.63, 3.8) is 0 Å². The molecule has 0 N–H and O–H groups in total. The second kappa shape index (κ2) is 7.01. The van der Waals surface area contributed by atoms with Crippen molar-refractivity contribution in [3.05, 3.63) is 50.7 Å². The van der Waals surface area contributed by atoms with E-state index in [1.807, 2.05) is 26.0 Å². The maximum Gasteiger partial charge on any atom is 0.242 e. The monoisotopic (exact) mass is 326 g/mol. The molecular weight excluding hydrogens is 304 g/mol. The number of carbonyl (C=O) groups excluding carboxylic acids is 1. The summed E-state index contributed by atoms with van der Waals surface area (Å²) in [5.41, 5.74) is 6.40. The van der Waals surface area contributed by atoms with Crippen molar-refractivity contribution < 1.29 is 4.79 Å². The summed E-state index contributed by atoms with van der Waals surface area (Å²) in [4.78, 5) is 22.0. The number of aliphatic imine (C=N–C) groups is 2. The Bertz CT molecular complexity index is 790. The van der Waals surface area contributed by atoms with E-state index < -0.39 is 0 Å². The van der Waals surface area contributed by atoms with Crippen molar-refractivity contribution in [2.45, 2.75) is 41.5 Å². The molecule has 0 aliphatic carbocycles. The van der Waals surface area contributed by atoms with Gasteiger partial charge in [0.25, 0.3) is 0 Å². The molecule has 1 heterocycles. The van der Waals surface area contributed by atoms with Gasteiger partial charge in [0.1, 0.15) is 0 Å². The van der Waals surface area contributed by atoms with Crippen molar-refractivity contribution in [2.24, 2.45) is 9.98 Å². The first-order valence-corrected chi connectivity index (χ1v) is 8.39. The summed E-state index contributed by atoms with van der Waals surface area (Å²) in [7, 11) is 0. The van der Waals surface area contributed by atoms with Gasteiger partial charge < -0.3 is 0 Å². The molecule has 0 saturated carbocycles. The summed E-state index contributed by atoms with van der Waals surface area (Å²) in [6.45, 7) is 11.6. The Morgan fingerprint density at radius 2 is 1.43 bits per heavy atom. The van der Waals surface area contributed by atoms with Gasteiger partial charge in [-0.25, -0.2) is 4.99 Å². The molecule has 0 bridgehead atoms. The van der Waals surface area contributed by atoms with Crippen LogP contribution in [0.15, 0.2) is 34.3 Å². The third-order valence-corrected chi connectivity index (χ3v) is 4.86. The second-order valence-corrected chi connectivity index (χ2v) is 6.91. The number of carbonyl (C=O) groups is 1. The van der Waals surface area contributed by atoms with Crippen LogP contribution in [0.1, 0.15) is 47.2 Å². The highest BCUT2D eigenvalue weighted by Crippen LogP contribution is 2.27. The van der Waals surface area contributed by atoms with Gasteiger partial charge in [-0.15, -0.1) is 11.3 Å². The number of hydrogen-bond donors (Lipinski definition) is 0. The smallest absolute Gasteiger partial charge is 0.242 e. The van der Waals surface area contributed by atoms with Crippen molar-refractivity contribution in [1.82, 2.24) is 0 Å². The molecule has 0 radical (unpaired) electrons. The van der Waals surface area contributed by atoms with Gasteiger partial charge in [-0.3, -0.25) is 9.79 Å². The van der Waals surface area contributed by atoms with Crippen molar-refractivity contribution >= 4 is 34.4 Å². The Hall–Kier alpha value is -2.07. The molecule has 0 saturated heterocycles. The lowest BCUT2D eigenvalue weighted by Gasteiger charge is -2.08. The molecule has 2 aromatic rings. The van der Waals surface area contributed by atoms with Gasteiger partial charge in [0.2, 0.25) is 5.91 Å². The van der Waals surface area contributed by atoms with Gasteiger partial charge in [0.05, 0.1) is 17.1 Å². The lowest BCUT2D eigenvalue weighted by atomic mass is 10.1. The minimum atomic E-state index is -0.172. The average molecular weight is 326 g/mol. The number of benzene rings is 1. The number of amides is 1. The first-order valence-electron chi connectivity index (χ1n) is 7.57. The van der Waals surface area contributed by atoms with Gasteiger partial charge in [-0.1, -0.05) is 17.7 Å². The van der Waals surface area contributed by atoms with Crippen molar-refractivity contribution in [1.29, 1.82) is 0 Å². The molecule has 0 aliphatic rings. The Morgan fingerprint density at radius 3 is 1.96 bits per heavy atom. The molecule has 3 nitrogen and oxygen atoms in total. The van der Waals surface area contributed by atoms with Gasteiger partial charge in [0, 0.05) is 16.7 Å². The second-order valence-electron chi connectivity index (χ2n) is 5.82. The number of nitrogens with zero attached hydrogens (tertiary/aromatic N) is 2. The van der Waals surface area contributed by atoms with Crippen LogP contribution >= 0.6 is 11.3 Å². The molecule has 1 aromatic heterocycles. The molecule has 120 valence electrons. The highest BCUT2D eigenvalue weighted by atomic mass is 32.1. The summed E-state index contributed by atoms with van der Waals surface area (Å²) in [5.74, 6) is -0.172. The molecule has 2 rings (SSSR count). The standard InChI is InChI=1S/C19H22N2OS/c1-11-9-12(2)19(13(3)10-11)21-15(5)18-8-7-17(23-18)14(4)20-16(6)22/h7-10H,1-6H3. The van der Waals surface area contributed by atoms with Crippen LogP contribution in [0.2, 0.25) is 0 Å². The third-order valence-electron chi connectivity index (χ3n) is 3.56. The molecule has 23 heavy (non-hydrogen) atoms. The predicted octanol–water partition coefficient (Wildman–Crippen LogP) is 5.17. The van der Waals surface area contributed by atoms with Crippen LogP contribution in [-0.4, -0.2) is 17.3 Å². The molecule has 4 heteroatoms. The fourth-order valence-electron chi connectivity index (χ4n) is 2.59. The van der Waals surface area contributed by atoms with Gasteiger partial charge >= 0.3 is 0 Å². The van der Waals surface area contributed by atoms with Gasteiger partial charge in [-0.2, -0.15) is 0 Å². The highest BCUT2D eigenvalue weighted by Gasteiger charge is 2.08. The molecule has 1 amide bonds. The van der Waals surface area contributed by atoms with Crippen LogP contribution in [0.25, 0.3) is 0 Å². The number of thiophene rings is 1. The highest BCUT2D eigenvalue weighted by molar-refractivity contribution is 7.16. The zero-order chi connectivity index (χ0) is 17.1. The third kappa shape index (κ3) is 4.23. The molecule has 0 unspecified atom stereocenters. The zero-order valence-corrected chi connectivity index (χ0v) is 15.3. The molecule has 1 aromatic carbocycles. The average Bonchev–Trinajstić information content (AvgIpc) is 2.91. The molecular formula is C19H22N2OS. The van der Waals surface area contributed by atoms with E-state index in [9.17, 15) is 4.79 Å². The maximum absolute atomic E-state index is 11.1. The summed E-state index contributed by atoms with van der Waals surface area (Å²) >= 11 is 1.61. The lowest BCUT2D eigenvalue weighted by Crippen LogP contribution is -1.95. The summed E-state index contributed by atoms with van der Waals surface area (Å²) in [6, 6.07) is 8.34. The van der Waals surface area contributed by atoms with E-state index in [1.54, 1.807) is 11.3 Å². The largest absolute Gasteiger partial charge is 0.273 e. The molecule has 0 spiro atoms. The normalized spacial score (nSPS) is 12.6. The Balaban J connectivity index is 2.37. The van der Waals surface area contributed by atoms with Crippen LogP contribution in [0.5, 0.6) is 0 Å². The quantitative estimate of drug-likeness (QED) is 0.717. The minimum absolute atomic E-state index is 0.172. The maximum atomic E-state index is 11.1. The SMILES string of the molecule is CC(=O)N=C(C)c1ccc(C(C)=Nc2c(C)cc(C)cc2C)s1. The number of rotatable bonds is 3. The van der Waals surface area contributed by atoms with Crippen molar-refractivity contribution in [2.75, 3.05) is 0 Å². The van der Waals surface area contributed by atoms with E-state index in [4.69, 9.17) is 4.99 Å². The fraction of sp³-hybridized carbons (Fsp3) is 0.316.